The molecular formula is C13H15F3N2O. The Hall–Kier alpha value is -1.56. The summed E-state index contributed by atoms with van der Waals surface area (Å²) < 4.78 is 38.6. The first-order valence-electron chi connectivity index (χ1n) is 6.07. The van der Waals surface area contributed by atoms with Crippen molar-refractivity contribution in [3.8, 4) is 0 Å². The number of piperazine rings is 1. The molecule has 1 heterocycles. The van der Waals surface area contributed by atoms with Crippen molar-refractivity contribution >= 4 is 5.91 Å². The van der Waals surface area contributed by atoms with E-state index in [4.69, 9.17) is 0 Å². The maximum atomic E-state index is 12.9. The van der Waals surface area contributed by atoms with E-state index < -0.39 is 11.7 Å². The zero-order chi connectivity index (χ0) is 14.0. The molecule has 3 nitrogen and oxygen atoms in total. The third-order valence-corrected chi connectivity index (χ3v) is 3.20. The van der Waals surface area contributed by atoms with Crippen molar-refractivity contribution in [2.45, 2.75) is 25.7 Å². The number of hydrogen-bond acceptors (Lipinski definition) is 2. The van der Waals surface area contributed by atoms with E-state index in [9.17, 15) is 18.0 Å². The molecule has 0 spiro atoms. The predicted octanol–water partition coefficient (Wildman–Crippen LogP) is 2.03. The number of rotatable bonds is 2. The Bertz CT molecular complexity index is 473. The lowest BCUT2D eigenvalue weighted by Gasteiger charge is -2.32. The Labute approximate surface area is 109 Å². The molecule has 0 saturated carbocycles. The molecule has 0 radical (unpaired) electrons. The molecule has 104 valence electrons. The van der Waals surface area contributed by atoms with Gasteiger partial charge in [0.25, 0.3) is 0 Å². The lowest BCUT2D eigenvalue weighted by atomic mass is 10.1. The van der Waals surface area contributed by atoms with Crippen molar-refractivity contribution in [2.75, 3.05) is 13.1 Å². The average molecular weight is 272 g/mol. The molecule has 1 N–H and O–H groups in total. The second-order valence-corrected chi connectivity index (χ2v) is 4.59. The van der Waals surface area contributed by atoms with Crippen LogP contribution in [0, 0.1) is 0 Å². The Kier molecular flexibility index (Phi) is 3.80. The number of carbonyl (C=O) groups is 1. The van der Waals surface area contributed by atoms with E-state index in [1.54, 1.807) is 13.0 Å². The summed E-state index contributed by atoms with van der Waals surface area (Å²) >= 11 is 0. The first kappa shape index (κ1) is 13.9. The highest BCUT2D eigenvalue weighted by molar-refractivity contribution is 5.82. The topological polar surface area (TPSA) is 32.3 Å². The van der Waals surface area contributed by atoms with Crippen LogP contribution in [0.3, 0.4) is 0 Å². The molecule has 0 aromatic heterocycles. The van der Waals surface area contributed by atoms with Crippen molar-refractivity contribution in [2.24, 2.45) is 0 Å². The molecule has 6 heteroatoms. The predicted molar refractivity (Wildman–Crippen MR) is 64.3 cm³/mol. The van der Waals surface area contributed by atoms with Crippen LogP contribution in [0.25, 0.3) is 0 Å². The minimum Gasteiger partial charge on any atom is -0.336 e. The van der Waals surface area contributed by atoms with E-state index in [1.165, 1.54) is 17.0 Å². The van der Waals surface area contributed by atoms with Gasteiger partial charge in [-0.1, -0.05) is 18.2 Å². The fraction of sp³-hybridized carbons (Fsp3) is 0.462. The summed E-state index contributed by atoms with van der Waals surface area (Å²) in [6.45, 7) is 2.74. The van der Waals surface area contributed by atoms with Crippen LogP contribution in [0.4, 0.5) is 13.2 Å². The van der Waals surface area contributed by atoms with E-state index >= 15 is 0 Å². The highest BCUT2D eigenvalue weighted by Gasteiger charge is 2.34. The standard InChI is InChI=1S/C13H15F3N2O/c1-9-12(19)18(7-6-17-9)8-10-4-2-3-5-11(10)13(14,15)16/h2-5,9,17H,6-8H2,1H3. The highest BCUT2D eigenvalue weighted by atomic mass is 19.4. The molecule has 1 saturated heterocycles. The number of benzene rings is 1. The molecule has 1 unspecified atom stereocenters. The smallest absolute Gasteiger partial charge is 0.336 e. The van der Waals surface area contributed by atoms with Crippen molar-refractivity contribution in [3.05, 3.63) is 35.4 Å². The first-order valence-corrected chi connectivity index (χ1v) is 6.07. The van der Waals surface area contributed by atoms with Crippen LogP contribution < -0.4 is 5.32 Å². The summed E-state index contributed by atoms with van der Waals surface area (Å²) in [6.07, 6.45) is -4.39. The van der Waals surface area contributed by atoms with Gasteiger partial charge in [0.1, 0.15) is 0 Å². The van der Waals surface area contributed by atoms with Crippen LogP contribution in [0.15, 0.2) is 24.3 Å². The van der Waals surface area contributed by atoms with Crippen LogP contribution in [-0.2, 0) is 17.5 Å². The minimum absolute atomic E-state index is 0.000532. The van der Waals surface area contributed by atoms with Gasteiger partial charge in [-0.15, -0.1) is 0 Å². The summed E-state index contributed by atoms with van der Waals surface area (Å²) in [6, 6.07) is 5.04. The van der Waals surface area contributed by atoms with E-state index in [0.29, 0.717) is 13.1 Å². The second kappa shape index (κ2) is 5.21. The van der Waals surface area contributed by atoms with Crippen molar-refractivity contribution in [3.63, 3.8) is 0 Å². The van der Waals surface area contributed by atoms with Crippen LogP contribution in [0.1, 0.15) is 18.1 Å². The Balaban J connectivity index is 2.22. The fourth-order valence-electron chi connectivity index (χ4n) is 2.18. The van der Waals surface area contributed by atoms with Gasteiger partial charge in [-0.05, 0) is 18.6 Å². The van der Waals surface area contributed by atoms with Gasteiger partial charge in [0.2, 0.25) is 5.91 Å². The first-order chi connectivity index (χ1) is 8.89. The lowest BCUT2D eigenvalue weighted by Crippen LogP contribution is -2.53. The lowest BCUT2D eigenvalue weighted by molar-refractivity contribution is -0.141. The number of nitrogens with one attached hydrogen (secondary N) is 1. The Morgan fingerprint density at radius 2 is 2.05 bits per heavy atom. The SMILES string of the molecule is CC1NCCN(Cc2ccccc2C(F)(F)F)C1=O. The van der Waals surface area contributed by atoms with Gasteiger partial charge in [-0.3, -0.25) is 4.79 Å². The van der Waals surface area contributed by atoms with Gasteiger partial charge in [0.15, 0.2) is 0 Å². The maximum Gasteiger partial charge on any atom is 0.416 e. The summed E-state index contributed by atoms with van der Waals surface area (Å²) in [5.74, 6) is -0.164. The van der Waals surface area contributed by atoms with Gasteiger partial charge in [0.05, 0.1) is 11.6 Å². The van der Waals surface area contributed by atoms with E-state index in [1.807, 2.05) is 0 Å². The van der Waals surface area contributed by atoms with Crippen LogP contribution in [0.2, 0.25) is 0 Å². The highest BCUT2D eigenvalue weighted by Crippen LogP contribution is 2.32. The second-order valence-electron chi connectivity index (χ2n) is 4.59. The Morgan fingerprint density at radius 3 is 2.74 bits per heavy atom. The minimum atomic E-state index is -4.39. The number of nitrogens with zero attached hydrogens (tertiary/aromatic N) is 1. The molecular weight excluding hydrogens is 257 g/mol. The van der Waals surface area contributed by atoms with Crippen molar-refractivity contribution in [1.29, 1.82) is 0 Å². The van der Waals surface area contributed by atoms with Gasteiger partial charge >= 0.3 is 6.18 Å². The zero-order valence-corrected chi connectivity index (χ0v) is 10.5. The average Bonchev–Trinajstić information content (AvgIpc) is 2.34. The molecule has 1 amide bonds. The van der Waals surface area contributed by atoms with E-state index in [0.717, 1.165) is 6.07 Å². The zero-order valence-electron chi connectivity index (χ0n) is 10.5. The molecule has 2 rings (SSSR count). The quantitative estimate of drug-likeness (QED) is 0.893. The van der Waals surface area contributed by atoms with Crippen LogP contribution >= 0.6 is 0 Å². The maximum absolute atomic E-state index is 12.9. The summed E-state index contributed by atoms with van der Waals surface area (Å²) in [5, 5.41) is 2.98. The molecule has 0 bridgehead atoms. The van der Waals surface area contributed by atoms with Crippen molar-refractivity contribution in [1.82, 2.24) is 10.2 Å². The summed E-state index contributed by atoms with van der Waals surface area (Å²) in [7, 11) is 0. The number of amides is 1. The van der Waals surface area contributed by atoms with Gasteiger partial charge in [0, 0.05) is 19.6 Å². The molecule has 19 heavy (non-hydrogen) atoms. The molecule has 1 aliphatic heterocycles. The normalized spacial score (nSPS) is 20.7. The fourth-order valence-corrected chi connectivity index (χ4v) is 2.18. The number of carbonyl (C=O) groups excluding carboxylic acids is 1. The van der Waals surface area contributed by atoms with E-state index in [2.05, 4.69) is 5.32 Å². The summed E-state index contributed by atoms with van der Waals surface area (Å²) in [4.78, 5) is 13.3. The third kappa shape index (κ3) is 3.07. The summed E-state index contributed by atoms with van der Waals surface area (Å²) in [5.41, 5.74) is -0.536. The molecule has 0 aliphatic carbocycles. The van der Waals surface area contributed by atoms with Crippen molar-refractivity contribution < 1.29 is 18.0 Å². The number of halogens is 3. The van der Waals surface area contributed by atoms with E-state index in [-0.39, 0.29) is 24.1 Å². The van der Waals surface area contributed by atoms with Crippen LogP contribution in [-0.4, -0.2) is 29.9 Å². The number of alkyl halides is 3. The van der Waals surface area contributed by atoms with Gasteiger partial charge in [-0.2, -0.15) is 13.2 Å². The largest absolute Gasteiger partial charge is 0.416 e. The van der Waals surface area contributed by atoms with Gasteiger partial charge < -0.3 is 10.2 Å². The molecule has 1 fully saturated rings. The molecule has 1 aromatic rings. The third-order valence-electron chi connectivity index (χ3n) is 3.20. The van der Waals surface area contributed by atoms with Crippen LogP contribution in [0.5, 0.6) is 0 Å². The number of hydrogen-bond donors (Lipinski definition) is 1. The molecule has 1 aromatic carbocycles. The Morgan fingerprint density at radius 1 is 1.37 bits per heavy atom. The molecule has 1 aliphatic rings. The molecule has 1 atom stereocenters. The monoisotopic (exact) mass is 272 g/mol. The van der Waals surface area contributed by atoms with Gasteiger partial charge in [-0.25, -0.2) is 0 Å².